The Balaban J connectivity index is 0.00000210. The van der Waals surface area contributed by atoms with Gasteiger partial charge < -0.3 is 10.2 Å². The summed E-state index contributed by atoms with van der Waals surface area (Å²) in [5.41, 5.74) is 0.986. The number of aryl methyl sites for hydroxylation is 1. The number of fused-ring (bicyclic) bond motifs is 1. The van der Waals surface area contributed by atoms with Crippen LogP contribution in [0.5, 0.6) is 0 Å². The summed E-state index contributed by atoms with van der Waals surface area (Å²) in [6.45, 7) is 2.91. The second kappa shape index (κ2) is 7.32. The summed E-state index contributed by atoms with van der Waals surface area (Å²) in [5.74, 6) is -1.31. The Morgan fingerprint density at radius 2 is 1.81 bits per heavy atom. The number of aromatic nitrogens is 2. The van der Waals surface area contributed by atoms with Crippen LogP contribution >= 0.6 is 12.4 Å². The molecule has 0 aliphatic carbocycles. The maximum absolute atomic E-state index is 14.8. The van der Waals surface area contributed by atoms with Crippen LogP contribution in [0.4, 0.5) is 10.1 Å². The van der Waals surface area contributed by atoms with Gasteiger partial charge in [0.25, 0.3) is 0 Å². The highest BCUT2D eigenvalue weighted by molar-refractivity contribution is 6.00. The molecule has 8 nitrogen and oxygen atoms in total. The molecule has 2 N–H and O–H groups in total. The smallest absolute Gasteiger partial charge is 0.329 e. The van der Waals surface area contributed by atoms with E-state index in [4.69, 9.17) is 0 Å². The fourth-order valence-electron chi connectivity index (χ4n) is 3.75. The van der Waals surface area contributed by atoms with Gasteiger partial charge >= 0.3 is 5.69 Å². The molecule has 10 heteroatoms. The molecule has 27 heavy (non-hydrogen) atoms. The van der Waals surface area contributed by atoms with Gasteiger partial charge in [-0.15, -0.1) is 12.4 Å². The first kappa shape index (κ1) is 19.4. The van der Waals surface area contributed by atoms with Crippen LogP contribution in [0.3, 0.4) is 0 Å². The number of imidazole rings is 1. The molecule has 0 saturated carbocycles. The molecule has 2 aromatic rings. The summed E-state index contributed by atoms with van der Waals surface area (Å²) in [4.78, 5) is 38.3. The minimum absolute atomic E-state index is 0. The largest absolute Gasteiger partial charge is 0.367 e. The van der Waals surface area contributed by atoms with Crippen LogP contribution in [0.25, 0.3) is 11.0 Å². The van der Waals surface area contributed by atoms with E-state index in [0.29, 0.717) is 29.8 Å². The van der Waals surface area contributed by atoms with Gasteiger partial charge in [-0.25, -0.2) is 9.18 Å². The fraction of sp³-hybridized carbons (Fsp3) is 0.471. The molecule has 2 saturated heterocycles. The van der Waals surface area contributed by atoms with Crippen molar-refractivity contribution in [3.05, 3.63) is 28.4 Å². The zero-order valence-electron chi connectivity index (χ0n) is 14.8. The first-order chi connectivity index (χ1) is 12.5. The van der Waals surface area contributed by atoms with Crippen molar-refractivity contribution in [1.29, 1.82) is 0 Å². The summed E-state index contributed by atoms with van der Waals surface area (Å²) < 4.78 is 17.5. The average Bonchev–Trinajstić information content (AvgIpc) is 2.86. The summed E-state index contributed by atoms with van der Waals surface area (Å²) >= 11 is 0. The number of piperidine rings is 1. The number of nitrogens with zero attached hydrogens (tertiary/aromatic N) is 3. The normalized spacial score (nSPS) is 20.5. The van der Waals surface area contributed by atoms with Crippen LogP contribution in [0.15, 0.2) is 16.9 Å². The van der Waals surface area contributed by atoms with Crippen LogP contribution < -0.4 is 21.2 Å². The number of anilines is 1. The summed E-state index contributed by atoms with van der Waals surface area (Å²) in [7, 11) is 1.60. The van der Waals surface area contributed by atoms with Crippen molar-refractivity contribution in [3.8, 4) is 0 Å². The molecule has 3 heterocycles. The molecule has 0 spiro atoms. The van der Waals surface area contributed by atoms with Gasteiger partial charge in [-0.1, -0.05) is 0 Å². The number of hydrogen-bond donors (Lipinski definition) is 2. The van der Waals surface area contributed by atoms with Crippen molar-refractivity contribution in [1.82, 2.24) is 19.8 Å². The Labute approximate surface area is 160 Å². The molecular formula is C17H21ClFN5O3. The Hall–Kier alpha value is -2.39. The molecule has 1 atom stereocenters. The molecule has 1 aromatic heterocycles. The van der Waals surface area contributed by atoms with E-state index in [9.17, 15) is 18.8 Å². The predicted molar refractivity (Wildman–Crippen MR) is 101 cm³/mol. The number of benzene rings is 1. The number of carbonyl (C=O) groups excluding carboxylic acids is 2. The summed E-state index contributed by atoms with van der Waals surface area (Å²) in [6.07, 6.45) is 0.380. The first-order valence-electron chi connectivity index (χ1n) is 8.67. The van der Waals surface area contributed by atoms with Gasteiger partial charge in [0.05, 0.1) is 16.7 Å². The van der Waals surface area contributed by atoms with Crippen LogP contribution in [-0.4, -0.2) is 47.1 Å². The van der Waals surface area contributed by atoms with Gasteiger partial charge in [0.2, 0.25) is 11.8 Å². The fourth-order valence-corrected chi connectivity index (χ4v) is 3.75. The van der Waals surface area contributed by atoms with E-state index >= 15 is 0 Å². The van der Waals surface area contributed by atoms with Crippen LogP contribution in [0, 0.1) is 5.82 Å². The monoisotopic (exact) mass is 397 g/mol. The number of piperazine rings is 1. The Morgan fingerprint density at radius 1 is 1.11 bits per heavy atom. The van der Waals surface area contributed by atoms with Gasteiger partial charge in [0.15, 0.2) is 0 Å². The van der Waals surface area contributed by atoms with Gasteiger partial charge in [-0.3, -0.25) is 24.0 Å². The van der Waals surface area contributed by atoms with E-state index < -0.39 is 23.5 Å². The van der Waals surface area contributed by atoms with Crippen molar-refractivity contribution >= 4 is 40.9 Å². The summed E-state index contributed by atoms with van der Waals surface area (Å²) in [6, 6.07) is 2.17. The lowest BCUT2D eigenvalue weighted by Gasteiger charge is -2.29. The first-order valence-corrected chi connectivity index (χ1v) is 8.67. The predicted octanol–water partition coefficient (Wildman–Crippen LogP) is 0.288. The SMILES string of the molecule is Cl.Cn1c(=O)n(C2CCC(=O)NC2=O)c2cc(F)c(N3CCNCC3)cc21. The minimum Gasteiger partial charge on any atom is -0.367 e. The number of hydrogen-bond acceptors (Lipinski definition) is 5. The van der Waals surface area contributed by atoms with E-state index in [1.807, 2.05) is 4.90 Å². The maximum Gasteiger partial charge on any atom is 0.329 e. The average molecular weight is 398 g/mol. The molecule has 1 unspecified atom stereocenters. The van der Waals surface area contributed by atoms with E-state index in [2.05, 4.69) is 10.6 Å². The van der Waals surface area contributed by atoms with Crippen LogP contribution in [-0.2, 0) is 16.6 Å². The number of imide groups is 1. The lowest BCUT2D eigenvalue weighted by atomic mass is 10.1. The van der Waals surface area contributed by atoms with E-state index in [-0.39, 0.29) is 31.2 Å². The van der Waals surface area contributed by atoms with Gasteiger partial charge in [0.1, 0.15) is 11.9 Å². The lowest BCUT2D eigenvalue weighted by molar-refractivity contribution is -0.135. The molecule has 0 bridgehead atoms. The molecule has 2 aliphatic rings. The lowest BCUT2D eigenvalue weighted by Crippen LogP contribution is -2.44. The third-order valence-corrected chi connectivity index (χ3v) is 5.14. The van der Waals surface area contributed by atoms with E-state index in [1.165, 1.54) is 15.2 Å². The van der Waals surface area contributed by atoms with Gasteiger partial charge in [0, 0.05) is 45.7 Å². The quantitative estimate of drug-likeness (QED) is 0.711. The van der Waals surface area contributed by atoms with Gasteiger partial charge in [-0.2, -0.15) is 0 Å². The van der Waals surface area contributed by atoms with E-state index in [1.54, 1.807) is 13.1 Å². The standard InChI is InChI=1S/C17H20FN5O3.ClH/c1-21-13-9-12(22-6-4-19-5-7-22)10(18)8-14(13)23(17(21)26)11-2-3-15(24)20-16(11)25;/h8-9,11,19H,2-7H2,1H3,(H,20,24,25);1H. The number of carbonyl (C=O) groups is 2. The van der Waals surface area contributed by atoms with Gasteiger partial charge in [-0.05, 0) is 12.5 Å². The Morgan fingerprint density at radius 3 is 2.48 bits per heavy atom. The third-order valence-electron chi connectivity index (χ3n) is 5.14. The highest BCUT2D eigenvalue weighted by Gasteiger charge is 2.31. The highest BCUT2D eigenvalue weighted by atomic mass is 35.5. The van der Waals surface area contributed by atoms with Crippen molar-refractivity contribution in [2.75, 3.05) is 31.1 Å². The second-order valence-electron chi connectivity index (χ2n) is 6.71. The number of amides is 2. The molecule has 146 valence electrons. The molecule has 2 amide bonds. The number of halogens is 2. The van der Waals surface area contributed by atoms with E-state index in [0.717, 1.165) is 13.1 Å². The molecule has 1 aromatic carbocycles. The summed E-state index contributed by atoms with van der Waals surface area (Å²) in [5, 5.41) is 5.47. The molecule has 4 rings (SSSR count). The number of rotatable bonds is 2. The molecular weight excluding hydrogens is 377 g/mol. The zero-order valence-corrected chi connectivity index (χ0v) is 15.6. The molecule has 0 radical (unpaired) electrons. The van der Waals surface area contributed by atoms with Crippen LogP contribution in [0.1, 0.15) is 18.9 Å². The Bertz CT molecular complexity index is 964. The highest BCUT2D eigenvalue weighted by Crippen LogP contribution is 2.29. The second-order valence-corrected chi connectivity index (χ2v) is 6.71. The number of nitrogens with one attached hydrogen (secondary N) is 2. The van der Waals surface area contributed by atoms with Crippen molar-refractivity contribution < 1.29 is 14.0 Å². The van der Waals surface area contributed by atoms with Crippen molar-refractivity contribution in [3.63, 3.8) is 0 Å². The minimum atomic E-state index is -0.812. The van der Waals surface area contributed by atoms with Crippen molar-refractivity contribution in [2.24, 2.45) is 7.05 Å². The zero-order chi connectivity index (χ0) is 18.4. The third kappa shape index (κ3) is 3.21. The topological polar surface area (TPSA) is 88.4 Å². The van der Waals surface area contributed by atoms with Crippen molar-refractivity contribution in [2.45, 2.75) is 18.9 Å². The Kier molecular flexibility index (Phi) is 5.25. The molecule has 2 fully saturated rings. The maximum atomic E-state index is 14.8. The van der Waals surface area contributed by atoms with Crippen LogP contribution in [0.2, 0.25) is 0 Å². The molecule has 2 aliphatic heterocycles.